The van der Waals surface area contributed by atoms with Gasteiger partial charge in [-0.15, -0.1) is 0 Å². The van der Waals surface area contributed by atoms with E-state index in [-0.39, 0.29) is 6.04 Å². The van der Waals surface area contributed by atoms with Crippen LogP contribution < -0.4 is 5.32 Å². The molecule has 1 saturated heterocycles. The number of rotatable bonds is 5. The second kappa shape index (κ2) is 5.80. The molecule has 1 fully saturated rings. The first-order chi connectivity index (χ1) is 7.03. The molecule has 4 nitrogen and oxygen atoms in total. The van der Waals surface area contributed by atoms with Crippen LogP contribution in [0.25, 0.3) is 0 Å². The van der Waals surface area contributed by atoms with Gasteiger partial charge in [-0.3, -0.25) is 0 Å². The maximum Gasteiger partial charge on any atom is 0.162 e. The summed E-state index contributed by atoms with van der Waals surface area (Å²) in [5.41, 5.74) is 0. The Morgan fingerprint density at radius 2 is 2.00 bits per heavy atom. The van der Waals surface area contributed by atoms with Crippen molar-refractivity contribution in [2.45, 2.75) is 45.6 Å². The quantitative estimate of drug-likeness (QED) is 0.750. The van der Waals surface area contributed by atoms with Crippen molar-refractivity contribution >= 4 is 0 Å². The van der Waals surface area contributed by atoms with Crippen molar-refractivity contribution in [2.24, 2.45) is 0 Å². The van der Waals surface area contributed by atoms with Crippen LogP contribution in [0.15, 0.2) is 0 Å². The highest BCUT2D eigenvalue weighted by atomic mass is 16.7. The van der Waals surface area contributed by atoms with Gasteiger partial charge in [0.1, 0.15) is 0 Å². The van der Waals surface area contributed by atoms with Crippen LogP contribution in [0.3, 0.4) is 0 Å². The Balaban J connectivity index is 2.17. The third kappa shape index (κ3) is 4.93. The summed E-state index contributed by atoms with van der Waals surface area (Å²) < 4.78 is 16.4. The van der Waals surface area contributed by atoms with Crippen LogP contribution in [0.4, 0.5) is 0 Å². The zero-order valence-corrected chi connectivity index (χ0v) is 10.2. The molecule has 1 rings (SSSR count). The summed E-state index contributed by atoms with van der Waals surface area (Å²) >= 11 is 0. The number of ether oxygens (including phenoxy) is 3. The third-order valence-electron chi connectivity index (χ3n) is 2.36. The molecule has 4 heteroatoms. The summed E-state index contributed by atoms with van der Waals surface area (Å²) in [6, 6.07) is 0.608. The summed E-state index contributed by atoms with van der Waals surface area (Å²) in [5, 5.41) is 3.42. The average Bonchev–Trinajstić information content (AvgIpc) is 2.18. The van der Waals surface area contributed by atoms with E-state index < -0.39 is 5.79 Å². The fraction of sp³-hybridized carbons (Fsp3) is 1.00. The predicted octanol–water partition coefficient (Wildman–Crippen LogP) is 1.15. The van der Waals surface area contributed by atoms with Gasteiger partial charge in [-0.25, -0.2) is 0 Å². The van der Waals surface area contributed by atoms with E-state index in [0.29, 0.717) is 19.3 Å². The minimum atomic E-state index is -0.429. The first-order valence-corrected chi connectivity index (χ1v) is 5.65. The van der Waals surface area contributed by atoms with Crippen molar-refractivity contribution in [3.63, 3.8) is 0 Å². The molecule has 0 aromatic heterocycles. The summed E-state index contributed by atoms with van der Waals surface area (Å²) in [7, 11) is 0. The van der Waals surface area contributed by atoms with Gasteiger partial charge in [0.15, 0.2) is 5.79 Å². The lowest BCUT2D eigenvalue weighted by atomic mass is 10.2. The molecule has 0 amide bonds. The molecule has 90 valence electrons. The van der Waals surface area contributed by atoms with Crippen LogP contribution in [0.2, 0.25) is 0 Å². The van der Waals surface area contributed by atoms with E-state index in [1.807, 2.05) is 20.8 Å². The molecule has 15 heavy (non-hydrogen) atoms. The Bertz CT molecular complexity index is 175. The normalized spacial score (nSPS) is 24.0. The molecule has 0 bridgehead atoms. The molecule has 0 radical (unpaired) electrons. The SMILES string of the molecule is CCOCC(C)NC1COC(C)(C)OC1. The largest absolute Gasteiger partial charge is 0.380 e. The zero-order valence-electron chi connectivity index (χ0n) is 10.2. The maximum absolute atomic E-state index is 5.56. The topological polar surface area (TPSA) is 39.7 Å². The lowest BCUT2D eigenvalue weighted by Gasteiger charge is -2.36. The summed E-state index contributed by atoms with van der Waals surface area (Å²) in [5.74, 6) is -0.429. The van der Waals surface area contributed by atoms with Gasteiger partial charge in [0.2, 0.25) is 0 Å². The van der Waals surface area contributed by atoms with E-state index in [1.165, 1.54) is 0 Å². The number of nitrogens with one attached hydrogen (secondary N) is 1. The summed E-state index contributed by atoms with van der Waals surface area (Å²) in [4.78, 5) is 0. The van der Waals surface area contributed by atoms with Gasteiger partial charge >= 0.3 is 0 Å². The molecule has 0 saturated carbocycles. The highest BCUT2D eigenvalue weighted by molar-refractivity contribution is 4.75. The van der Waals surface area contributed by atoms with E-state index in [1.54, 1.807) is 0 Å². The monoisotopic (exact) mass is 217 g/mol. The highest BCUT2D eigenvalue weighted by Crippen LogP contribution is 2.17. The molecule has 1 aliphatic heterocycles. The van der Waals surface area contributed by atoms with Gasteiger partial charge in [0.05, 0.1) is 25.9 Å². The second-order valence-electron chi connectivity index (χ2n) is 4.45. The first-order valence-electron chi connectivity index (χ1n) is 5.65. The first kappa shape index (κ1) is 12.9. The van der Waals surface area contributed by atoms with Crippen LogP contribution in [-0.2, 0) is 14.2 Å². The van der Waals surface area contributed by atoms with E-state index in [9.17, 15) is 0 Å². The van der Waals surface area contributed by atoms with Crippen molar-refractivity contribution in [3.8, 4) is 0 Å². The molecular formula is C11H23NO3. The van der Waals surface area contributed by atoms with Crippen LogP contribution in [0.1, 0.15) is 27.7 Å². The van der Waals surface area contributed by atoms with Crippen LogP contribution in [-0.4, -0.2) is 44.3 Å². The van der Waals surface area contributed by atoms with Crippen molar-refractivity contribution in [1.82, 2.24) is 5.32 Å². The van der Waals surface area contributed by atoms with Gasteiger partial charge in [0, 0.05) is 12.6 Å². The third-order valence-corrected chi connectivity index (χ3v) is 2.36. The Kier molecular flexibility index (Phi) is 4.99. The Hall–Kier alpha value is -0.160. The molecular weight excluding hydrogens is 194 g/mol. The van der Waals surface area contributed by atoms with Gasteiger partial charge in [-0.1, -0.05) is 0 Å². The van der Waals surface area contributed by atoms with E-state index >= 15 is 0 Å². The maximum atomic E-state index is 5.56. The van der Waals surface area contributed by atoms with Crippen LogP contribution >= 0.6 is 0 Å². The van der Waals surface area contributed by atoms with E-state index in [4.69, 9.17) is 14.2 Å². The van der Waals surface area contributed by atoms with E-state index in [0.717, 1.165) is 13.2 Å². The minimum absolute atomic E-state index is 0.272. The molecule has 1 aliphatic rings. The summed E-state index contributed by atoms with van der Waals surface area (Å²) in [6.07, 6.45) is 0. The van der Waals surface area contributed by atoms with Gasteiger partial charge in [0.25, 0.3) is 0 Å². The molecule has 1 N–H and O–H groups in total. The van der Waals surface area contributed by atoms with Crippen molar-refractivity contribution in [3.05, 3.63) is 0 Å². The Morgan fingerprint density at radius 3 is 2.53 bits per heavy atom. The van der Waals surface area contributed by atoms with Crippen LogP contribution in [0.5, 0.6) is 0 Å². The zero-order chi connectivity index (χ0) is 11.3. The molecule has 1 atom stereocenters. The molecule has 1 heterocycles. The molecule has 0 aromatic carbocycles. The summed E-state index contributed by atoms with van der Waals surface area (Å²) in [6.45, 7) is 10.9. The smallest absolute Gasteiger partial charge is 0.162 e. The fourth-order valence-electron chi connectivity index (χ4n) is 1.53. The van der Waals surface area contributed by atoms with Crippen molar-refractivity contribution in [1.29, 1.82) is 0 Å². The van der Waals surface area contributed by atoms with E-state index in [2.05, 4.69) is 12.2 Å². The Labute approximate surface area is 92.3 Å². The van der Waals surface area contributed by atoms with Gasteiger partial charge < -0.3 is 19.5 Å². The Morgan fingerprint density at radius 1 is 1.40 bits per heavy atom. The molecule has 1 unspecified atom stereocenters. The average molecular weight is 217 g/mol. The van der Waals surface area contributed by atoms with Gasteiger partial charge in [-0.05, 0) is 27.7 Å². The predicted molar refractivity (Wildman–Crippen MR) is 58.9 cm³/mol. The molecule has 0 aromatic rings. The second-order valence-corrected chi connectivity index (χ2v) is 4.45. The highest BCUT2D eigenvalue weighted by Gasteiger charge is 2.28. The number of hydrogen-bond donors (Lipinski definition) is 1. The van der Waals surface area contributed by atoms with Crippen LogP contribution in [0, 0.1) is 0 Å². The minimum Gasteiger partial charge on any atom is -0.380 e. The molecule has 0 aliphatic carbocycles. The lowest BCUT2D eigenvalue weighted by molar-refractivity contribution is -0.253. The molecule has 0 spiro atoms. The van der Waals surface area contributed by atoms with Gasteiger partial charge in [-0.2, -0.15) is 0 Å². The number of hydrogen-bond acceptors (Lipinski definition) is 4. The van der Waals surface area contributed by atoms with Crippen molar-refractivity contribution < 1.29 is 14.2 Å². The van der Waals surface area contributed by atoms with Crippen molar-refractivity contribution in [2.75, 3.05) is 26.4 Å². The fourth-order valence-corrected chi connectivity index (χ4v) is 1.53. The standard InChI is InChI=1S/C11H23NO3/c1-5-13-6-9(2)12-10-7-14-11(3,4)15-8-10/h9-10,12H,5-8H2,1-4H3. The lowest BCUT2D eigenvalue weighted by Crippen LogP contribution is -2.51.